The van der Waals surface area contributed by atoms with Crippen LogP contribution in [0.1, 0.15) is 50.1 Å². The molecule has 2 N–H and O–H groups in total. The van der Waals surface area contributed by atoms with E-state index in [1.807, 2.05) is 18.2 Å². The standard InChI is InChI=1S/C16H22ClNO/c17-14-6-2-1-5-13(14)15(18)12-7-10-19-16(11-12)8-3-4-9-16/h1-2,5-6,12,15H,3-4,7-11,18H2. The molecule has 1 saturated carbocycles. The highest BCUT2D eigenvalue weighted by atomic mass is 35.5. The van der Waals surface area contributed by atoms with Gasteiger partial charge in [0.1, 0.15) is 0 Å². The summed E-state index contributed by atoms with van der Waals surface area (Å²) in [6.07, 6.45) is 7.16. The summed E-state index contributed by atoms with van der Waals surface area (Å²) in [7, 11) is 0. The summed E-state index contributed by atoms with van der Waals surface area (Å²) in [6.45, 7) is 0.850. The van der Waals surface area contributed by atoms with Gasteiger partial charge >= 0.3 is 0 Å². The Labute approximate surface area is 120 Å². The molecule has 1 aliphatic carbocycles. The summed E-state index contributed by atoms with van der Waals surface area (Å²) in [6, 6.07) is 8.01. The van der Waals surface area contributed by atoms with Crippen molar-refractivity contribution in [2.75, 3.05) is 6.61 Å². The molecule has 3 heteroatoms. The smallest absolute Gasteiger partial charge is 0.0685 e. The van der Waals surface area contributed by atoms with E-state index in [2.05, 4.69) is 6.07 Å². The molecule has 104 valence electrons. The van der Waals surface area contributed by atoms with Crippen molar-refractivity contribution >= 4 is 11.6 Å². The summed E-state index contributed by atoms with van der Waals surface area (Å²) in [4.78, 5) is 0. The summed E-state index contributed by atoms with van der Waals surface area (Å²) in [5, 5.41) is 0.793. The Kier molecular flexibility index (Phi) is 3.84. The van der Waals surface area contributed by atoms with Crippen LogP contribution in [0.5, 0.6) is 0 Å². The number of ether oxygens (including phenoxy) is 1. The average Bonchev–Trinajstić information content (AvgIpc) is 2.86. The lowest BCUT2D eigenvalue weighted by atomic mass is 9.79. The first-order chi connectivity index (χ1) is 9.20. The second-order valence-corrected chi connectivity index (χ2v) is 6.45. The molecule has 2 unspecified atom stereocenters. The molecular formula is C16H22ClNO. The van der Waals surface area contributed by atoms with Crippen LogP contribution in [0.25, 0.3) is 0 Å². The molecule has 1 heterocycles. The van der Waals surface area contributed by atoms with E-state index in [1.54, 1.807) is 0 Å². The van der Waals surface area contributed by atoms with Crippen molar-refractivity contribution in [3.63, 3.8) is 0 Å². The topological polar surface area (TPSA) is 35.2 Å². The molecule has 1 aliphatic heterocycles. The predicted molar refractivity (Wildman–Crippen MR) is 78.3 cm³/mol. The maximum absolute atomic E-state index is 6.48. The molecule has 2 aliphatic rings. The number of hydrogen-bond donors (Lipinski definition) is 1. The van der Waals surface area contributed by atoms with Gasteiger partial charge in [0.25, 0.3) is 0 Å². The minimum Gasteiger partial charge on any atom is -0.375 e. The molecule has 1 aromatic rings. The van der Waals surface area contributed by atoms with Gasteiger partial charge in [0.2, 0.25) is 0 Å². The summed E-state index contributed by atoms with van der Waals surface area (Å²) in [5.41, 5.74) is 7.70. The maximum Gasteiger partial charge on any atom is 0.0685 e. The van der Waals surface area contributed by atoms with E-state index in [1.165, 1.54) is 25.7 Å². The minimum absolute atomic E-state index is 0.0371. The van der Waals surface area contributed by atoms with Gasteiger partial charge in [0.15, 0.2) is 0 Å². The zero-order valence-electron chi connectivity index (χ0n) is 11.3. The average molecular weight is 280 g/mol. The van der Waals surface area contributed by atoms with E-state index in [-0.39, 0.29) is 11.6 Å². The first-order valence-corrected chi connectivity index (χ1v) is 7.72. The third kappa shape index (κ3) is 2.67. The monoisotopic (exact) mass is 279 g/mol. The summed E-state index contributed by atoms with van der Waals surface area (Å²) < 4.78 is 6.08. The quantitative estimate of drug-likeness (QED) is 0.885. The Balaban J connectivity index is 1.76. The number of benzene rings is 1. The molecule has 1 saturated heterocycles. The van der Waals surface area contributed by atoms with Gasteiger partial charge in [0.05, 0.1) is 5.60 Å². The zero-order valence-corrected chi connectivity index (χ0v) is 12.0. The van der Waals surface area contributed by atoms with Crippen LogP contribution >= 0.6 is 11.6 Å². The van der Waals surface area contributed by atoms with Crippen molar-refractivity contribution in [3.05, 3.63) is 34.9 Å². The fraction of sp³-hybridized carbons (Fsp3) is 0.625. The Hall–Kier alpha value is -0.570. The van der Waals surface area contributed by atoms with Crippen molar-refractivity contribution in [3.8, 4) is 0 Å². The SMILES string of the molecule is NC(c1ccccc1Cl)C1CCOC2(CCCC2)C1. The molecular weight excluding hydrogens is 258 g/mol. The molecule has 0 amide bonds. The number of hydrogen-bond acceptors (Lipinski definition) is 2. The van der Waals surface area contributed by atoms with Crippen LogP contribution in [0.3, 0.4) is 0 Å². The normalized spacial score (nSPS) is 27.6. The van der Waals surface area contributed by atoms with Gasteiger partial charge in [-0.05, 0) is 43.2 Å². The highest BCUT2D eigenvalue weighted by Crippen LogP contribution is 2.45. The van der Waals surface area contributed by atoms with Gasteiger partial charge in [-0.3, -0.25) is 0 Å². The van der Waals surface area contributed by atoms with Gasteiger partial charge < -0.3 is 10.5 Å². The van der Waals surface area contributed by atoms with Gasteiger partial charge in [-0.25, -0.2) is 0 Å². The highest BCUT2D eigenvalue weighted by molar-refractivity contribution is 6.31. The summed E-state index contributed by atoms with van der Waals surface area (Å²) in [5.74, 6) is 0.492. The lowest BCUT2D eigenvalue weighted by molar-refractivity contribution is -0.0963. The largest absolute Gasteiger partial charge is 0.375 e. The van der Waals surface area contributed by atoms with Gasteiger partial charge in [-0.15, -0.1) is 0 Å². The first-order valence-electron chi connectivity index (χ1n) is 7.34. The first kappa shape index (κ1) is 13.4. The number of nitrogens with two attached hydrogens (primary N) is 1. The van der Waals surface area contributed by atoms with E-state index >= 15 is 0 Å². The van der Waals surface area contributed by atoms with Crippen molar-refractivity contribution < 1.29 is 4.74 Å². The van der Waals surface area contributed by atoms with Crippen LogP contribution in [-0.4, -0.2) is 12.2 Å². The lowest BCUT2D eigenvalue weighted by Crippen LogP contribution is -2.40. The van der Waals surface area contributed by atoms with Crippen LogP contribution in [0, 0.1) is 5.92 Å². The summed E-state index contributed by atoms with van der Waals surface area (Å²) >= 11 is 6.28. The van der Waals surface area contributed by atoms with Crippen molar-refractivity contribution in [1.82, 2.24) is 0 Å². The molecule has 2 fully saturated rings. The molecule has 0 bridgehead atoms. The van der Waals surface area contributed by atoms with Gasteiger partial charge in [0, 0.05) is 17.7 Å². The molecule has 1 aromatic carbocycles. The predicted octanol–water partition coefficient (Wildman–Crippen LogP) is 4.08. The maximum atomic E-state index is 6.48. The second-order valence-electron chi connectivity index (χ2n) is 6.04. The van der Waals surface area contributed by atoms with Crippen molar-refractivity contribution in [2.45, 2.75) is 50.2 Å². The minimum atomic E-state index is 0.0371. The Bertz CT molecular complexity index is 442. The van der Waals surface area contributed by atoms with Crippen LogP contribution in [-0.2, 0) is 4.74 Å². The third-order valence-electron chi connectivity index (χ3n) is 4.82. The fourth-order valence-electron chi connectivity index (χ4n) is 3.74. The Morgan fingerprint density at radius 3 is 2.74 bits per heavy atom. The fourth-order valence-corrected chi connectivity index (χ4v) is 4.00. The third-order valence-corrected chi connectivity index (χ3v) is 5.16. The van der Waals surface area contributed by atoms with Crippen LogP contribution in [0.15, 0.2) is 24.3 Å². The lowest BCUT2D eigenvalue weighted by Gasteiger charge is -2.40. The van der Waals surface area contributed by atoms with E-state index < -0.39 is 0 Å². The number of halogens is 1. The van der Waals surface area contributed by atoms with E-state index in [4.69, 9.17) is 22.1 Å². The van der Waals surface area contributed by atoms with Gasteiger partial charge in [-0.2, -0.15) is 0 Å². The molecule has 2 nitrogen and oxygen atoms in total. The van der Waals surface area contributed by atoms with E-state index in [9.17, 15) is 0 Å². The zero-order chi connectivity index (χ0) is 13.3. The van der Waals surface area contributed by atoms with Crippen molar-refractivity contribution in [2.24, 2.45) is 11.7 Å². The molecule has 19 heavy (non-hydrogen) atoms. The molecule has 0 aromatic heterocycles. The Morgan fingerprint density at radius 2 is 2.00 bits per heavy atom. The van der Waals surface area contributed by atoms with Crippen LogP contribution in [0.4, 0.5) is 0 Å². The van der Waals surface area contributed by atoms with E-state index in [0.29, 0.717) is 5.92 Å². The Morgan fingerprint density at radius 1 is 1.26 bits per heavy atom. The number of rotatable bonds is 2. The van der Waals surface area contributed by atoms with Crippen molar-refractivity contribution in [1.29, 1.82) is 0 Å². The second kappa shape index (κ2) is 5.43. The molecule has 0 radical (unpaired) electrons. The highest BCUT2D eigenvalue weighted by Gasteiger charge is 2.41. The molecule has 3 rings (SSSR count). The van der Waals surface area contributed by atoms with Crippen LogP contribution < -0.4 is 5.73 Å². The van der Waals surface area contributed by atoms with Gasteiger partial charge in [-0.1, -0.05) is 42.6 Å². The van der Waals surface area contributed by atoms with E-state index in [0.717, 1.165) is 30.0 Å². The molecule has 2 atom stereocenters. The van der Waals surface area contributed by atoms with Crippen LogP contribution in [0.2, 0.25) is 5.02 Å². The molecule has 1 spiro atoms.